The van der Waals surface area contributed by atoms with Crippen molar-refractivity contribution in [2.75, 3.05) is 51.6 Å². The Morgan fingerprint density at radius 3 is 2.17 bits per heavy atom. The van der Waals surface area contributed by atoms with E-state index >= 15 is 0 Å². The average molecular weight is 347 g/mol. The van der Waals surface area contributed by atoms with E-state index in [9.17, 15) is 13.2 Å². The van der Waals surface area contributed by atoms with Crippen LogP contribution in [0.2, 0.25) is 0 Å². The van der Waals surface area contributed by atoms with E-state index in [-0.39, 0.29) is 11.8 Å². The van der Waals surface area contributed by atoms with E-state index in [1.54, 1.807) is 9.21 Å². The molecular weight excluding hydrogens is 318 g/mol. The van der Waals surface area contributed by atoms with E-state index in [1.807, 2.05) is 13.8 Å². The summed E-state index contributed by atoms with van der Waals surface area (Å²) >= 11 is 0. The molecule has 0 radical (unpaired) electrons. The predicted octanol–water partition coefficient (Wildman–Crippen LogP) is 0.965. The Hall–Kier alpha value is -0.860. The number of carbonyl (C=O) groups is 1. The van der Waals surface area contributed by atoms with Crippen LogP contribution < -0.4 is 0 Å². The second-order valence-corrected chi connectivity index (χ2v) is 8.26. The van der Waals surface area contributed by atoms with Gasteiger partial charge in [0.05, 0.1) is 12.4 Å². The molecule has 0 saturated carbocycles. The standard InChI is InChI=1S/C15H29N3O4S/c1-3-13-23(20,21)18-11-9-16(10-12-18)14-5-7-17(8-6-14)15(19)22-4-2/h14H,3-13H2,1-2H3. The third-order valence-electron chi connectivity index (χ3n) is 4.64. The molecule has 0 aromatic rings. The summed E-state index contributed by atoms with van der Waals surface area (Å²) in [7, 11) is -3.08. The lowest BCUT2D eigenvalue weighted by molar-refractivity contribution is 0.0633. The van der Waals surface area contributed by atoms with Crippen molar-refractivity contribution in [3.05, 3.63) is 0 Å². The molecule has 0 N–H and O–H groups in total. The fourth-order valence-corrected chi connectivity index (χ4v) is 4.86. The third-order valence-corrected chi connectivity index (χ3v) is 6.71. The van der Waals surface area contributed by atoms with Gasteiger partial charge < -0.3 is 9.64 Å². The van der Waals surface area contributed by atoms with Crippen LogP contribution in [0.25, 0.3) is 0 Å². The summed E-state index contributed by atoms with van der Waals surface area (Å²) in [6, 6.07) is 0.441. The average Bonchev–Trinajstić information content (AvgIpc) is 2.55. The number of amides is 1. The molecular formula is C15H29N3O4S. The number of rotatable bonds is 5. The van der Waals surface area contributed by atoms with Crippen LogP contribution in [0.5, 0.6) is 0 Å². The number of ether oxygens (including phenoxy) is 1. The lowest BCUT2D eigenvalue weighted by Gasteiger charge is -2.42. The molecule has 0 spiro atoms. The molecule has 2 saturated heterocycles. The molecule has 0 unspecified atom stereocenters. The van der Waals surface area contributed by atoms with Crippen molar-refractivity contribution in [2.45, 2.75) is 39.2 Å². The highest BCUT2D eigenvalue weighted by atomic mass is 32.2. The molecule has 2 rings (SSSR count). The zero-order valence-corrected chi connectivity index (χ0v) is 15.1. The van der Waals surface area contributed by atoms with Crippen molar-refractivity contribution in [1.82, 2.24) is 14.1 Å². The Morgan fingerprint density at radius 1 is 1.04 bits per heavy atom. The van der Waals surface area contributed by atoms with E-state index in [4.69, 9.17) is 4.74 Å². The first kappa shape index (κ1) is 18.5. The number of hydrogen-bond donors (Lipinski definition) is 0. The Kier molecular flexibility index (Phi) is 6.67. The van der Waals surface area contributed by atoms with E-state index in [2.05, 4.69) is 4.90 Å². The minimum atomic E-state index is -3.08. The molecule has 2 aliphatic rings. The highest BCUT2D eigenvalue weighted by Crippen LogP contribution is 2.20. The first-order valence-electron chi connectivity index (χ1n) is 8.61. The van der Waals surface area contributed by atoms with Crippen molar-refractivity contribution < 1.29 is 17.9 Å². The number of likely N-dealkylation sites (tertiary alicyclic amines) is 1. The second-order valence-electron chi connectivity index (χ2n) is 6.17. The van der Waals surface area contributed by atoms with Crippen LogP contribution in [0.3, 0.4) is 0 Å². The monoisotopic (exact) mass is 347 g/mol. The topological polar surface area (TPSA) is 70.2 Å². The summed E-state index contributed by atoms with van der Waals surface area (Å²) in [5, 5.41) is 0. The van der Waals surface area contributed by atoms with Crippen molar-refractivity contribution in [2.24, 2.45) is 0 Å². The molecule has 0 aromatic heterocycles. The summed E-state index contributed by atoms with van der Waals surface area (Å²) < 4.78 is 30.9. The van der Waals surface area contributed by atoms with Crippen molar-refractivity contribution in [1.29, 1.82) is 0 Å². The van der Waals surface area contributed by atoms with Crippen LogP contribution in [-0.2, 0) is 14.8 Å². The van der Waals surface area contributed by atoms with Gasteiger partial charge in [0.25, 0.3) is 0 Å². The molecule has 0 aliphatic carbocycles. The Bertz CT molecular complexity index is 481. The van der Waals surface area contributed by atoms with Gasteiger partial charge in [-0.25, -0.2) is 13.2 Å². The van der Waals surface area contributed by atoms with Gasteiger partial charge in [-0.1, -0.05) is 6.92 Å². The molecule has 2 fully saturated rings. The first-order chi connectivity index (χ1) is 11.0. The minimum absolute atomic E-state index is 0.221. The highest BCUT2D eigenvalue weighted by molar-refractivity contribution is 7.89. The molecule has 134 valence electrons. The number of carbonyl (C=O) groups excluding carboxylic acids is 1. The lowest BCUT2D eigenvalue weighted by Crippen LogP contribution is -2.55. The Morgan fingerprint density at radius 2 is 1.65 bits per heavy atom. The highest BCUT2D eigenvalue weighted by Gasteiger charge is 2.32. The van der Waals surface area contributed by atoms with Crippen molar-refractivity contribution in [3.8, 4) is 0 Å². The zero-order chi connectivity index (χ0) is 16.9. The molecule has 2 heterocycles. The smallest absolute Gasteiger partial charge is 0.409 e. The van der Waals surface area contributed by atoms with E-state index < -0.39 is 10.0 Å². The lowest BCUT2D eigenvalue weighted by atomic mass is 10.0. The predicted molar refractivity (Wildman–Crippen MR) is 88.8 cm³/mol. The van der Waals surface area contributed by atoms with Gasteiger partial charge in [0.1, 0.15) is 0 Å². The largest absolute Gasteiger partial charge is 0.450 e. The number of sulfonamides is 1. The van der Waals surface area contributed by atoms with Crippen LogP contribution in [-0.4, -0.2) is 86.3 Å². The fourth-order valence-electron chi connectivity index (χ4n) is 3.36. The van der Waals surface area contributed by atoms with Gasteiger partial charge in [0.2, 0.25) is 10.0 Å². The minimum Gasteiger partial charge on any atom is -0.450 e. The van der Waals surface area contributed by atoms with Crippen molar-refractivity contribution in [3.63, 3.8) is 0 Å². The molecule has 23 heavy (non-hydrogen) atoms. The maximum Gasteiger partial charge on any atom is 0.409 e. The molecule has 2 aliphatic heterocycles. The number of piperazine rings is 1. The van der Waals surface area contributed by atoms with Crippen LogP contribution in [0.4, 0.5) is 4.79 Å². The Balaban J connectivity index is 1.78. The van der Waals surface area contributed by atoms with Gasteiger partial charge in [-0.2, -0.15) is 4.31 Å². The second kappa shape index (κ2) is 8.30. The van der Waals surface area contributed by atoms with Crippen LogP contribution in [0.1, 0.15) is 33.1 Å². The number of piperidine rings is 1. The summed E-state index contributed by atoms with van der Waals surface area (Å²) in [5.41, 5.74) is 0. The van der Waals surface area contributed by atoms with Gasteiger partial charge in [0, 0.05) is 45.3 Å². The van der Waals surface area contributed by atoms with Crippen molar-refractivity contribution >= 4 is 16.1 Å². The molecule has 0 aromatic carbocycles. The van der Waals surface area contributed by atoms with Gasteiger partial charge >= 0.3 is 6.09 Å². The van der Waals surface area contributed by atoms with E-state index in [0.717, 1.165) is 39.0 Å². The molecule has 8 heteroatoms. The van der Waals surface area contributed by atoms with Crippen LogP contribution >= 0.6 is 0 Å². The summed E-state index contributed by atoms with van der Waals surface area (Å²) in [5.74, 6) is 0.241. The molecule has 0 bridgehead atoms. The van der Waals surface area contributed by atoms with Gasteiger partial charge in [-0.05, 0) is 26.2 Å². The van der Waals surface area contributed by atoms with Gasteiger partial charge in [-0.3, -0.25) is 4.90 Å². The van der Waals surface area contributed by atoms with E-state index in [1.165, 1.54) is 0 Å². The number of nitrogens with zero attached hydrogens (tertiary/aromatic N) is 3. The molecule has 7 nitrogen and oxygen atoms in total. The number of hydrogen-bond acceptors (Lipinski definition) is 5. The molecule has 1 amide bonds. The quantitative estimate of drug-likeness (QED) is 0.741. The summed E-state index contributed by atoms with van der Waals surface area (Å²) in [6.45, 7) is 8.30. The Labute approximate surface area is 139 Å². The van der Waals surface area contributed by atoms with E-state index in [0.29, 0.717) is 32.2 Å². The maximum absolute atomic E-state index is 12.1. The normalized spacial score (nSPS) is 22.3. The molecule has 0 atom stereocenters. The maximum atomic E-state index is 12.1. The third kappa shape index (κ3) is 4.81. The zero-order valence-electron chi connectivity index (χ0n) is 14.2. The van der Waals surface area contributed by atoms with Gasteiger partial charge in [-0.15, -0.1) is 0 Å². The summed E-state index contributed by atoms with van der Waals surface area (Å²) in [4.78, 5) is 15.9. The first-order valence-corrected chi connectivity index (χ1v) is 10.2. The van der Waals surface area contributed by atoms with Gasteiger partial charge in [0.15, 0.2) is 0 Å². The SMILES string of the molecule is CCCS(=O)(=O)N1CCN(C2CCN(C(=O)OCC)CC2)CC1. The summed E-state index contributed by atoms with van der Waals surface area (Å²) in [6.07, 6.45) is 2.30. The fraction of sp³-hybridized carbons (Fsp3) is 0.933. The van der Waals surface area contributed by atoms with Crippen LogP contribution in [0.15, 0.2) is 0 Å². The van der Waals surface area contributed by atoms with Crippen LogP contribution in [0, 0.1) is 0 Å².